The van der Waals surface area contributed by atoms with Crippen molar-refractivity contribution in [3.63, 3.8) is 0 Å². The molecule has 3 rings (SSSR count). The Hall–Kier alpha value is -1.85. The lowest BCUT2D eigenvalue weighted by molar-refractivity contribution is -0.135. The predicted octanol–water partition coefficient (Wildman–Crippen LogP) is 1.69. The van der Waals surface area contributed by atoms with E-state index in [1.54, 1.807) is 0 Å². The standard InChI is InChI=1S/C17H27N5O/c1-13-18-15(20(2)3)12-16(19-13)21-8-10-22(11-9-21)17(23)14-6-4-5-7-14/h12,14H,4-11H2,1-3H3. The van der Waals surface area contributed by atoms with E-state index in [0.717, 1.165) is 56.5 Å². The lowest BCUT2D eigenvalue weighted by atomic mass is 10.1. The summed E-state index contributed by atoms with van der Waals surface area (Å²) in [7, 11) is 3.98. The molecule has 0 N–H and O–H groups in total. The minimum atomic E-state index is 0.281. The number of rotatable bonds is 3. The number of hydrogen-bond donors (Lipinski definition) is 0. The molecule has 1 saturated heterocycles. The van der Waals surface area contributed by atoms with Gasteiger partial charge in [-0.1, -0.05) is 12.8 Å². The number of anilines is 2. The lowest BCUT2D eigenvalue weighted by Crippen LogP contribution is -2.50. The van der Waals surface area contributed by atoms with E-state index in [0.29, 0.717) is 5.91 Å². The summed E-state index contributed by atoms with van der Waals surface area (Å²) >= 11 is 0. The zero-order valence-corrected chi connectivity index (χ0v) is 14.5. The molecule has 1 saturated carbocycles. The maximum atomic E-state index is 12.5. The number of piperazine rings is 1. The van der Waals surface area contributed by atoms with Crippen molar-refractivity contribution < 1.29 is 4.79 Å². The van der Waals surface area contributed by atoms with Crippen LogP contribution in [0, 0.1) is 12.8 Å². The van der Waals surface area contributed by atoms with Crippen molar-refractivity contribution in [3.8, 4) is 0 Å². The van der Waals surface area contributed by atoms with Crippen molar-refractivity contribution in [2.24, 2.45) is 5.92 Å². The summed E-state index contributed by atoms with van der Waals surface area (Å²) < 4.78 is 0. The molecule has 23 heavy (non-hydrogen) atoms. The van der Waals surface area contributed by atoms with E-state index in [2.05, 4.69) is 14.9 Å². The maximum absolute atomic E-state index is 12.5. The van der Waals surface area contributed by atoms with Gasteiger partial charge in [-0.25, -0.2) is 9.97 Å². The summed E-state index contributed by atoms with van der Waals surface area (Å²) in [6.45, 7) is 5.23. The molecule has 1 aromatic rings. The summed E-state index contributed by atoms with van der Waals surface area (Å²) in [6.07, 6.45) is 4.58. The van der Waals surface area contributed by atoms with Gasteiger partial charge in [0.05, 0.1) is 0 Å². The molecule has 0 radical (unpaired) electrons. The third-order valence-electron chi connectivity index (χ3n) is 4.89. The van der Waals surface area contributed by atoms with Crippen molar-refractivity contribution >= 4 is 17.5 Å². The molecule has 0 bridgehead atoms. The van der Waals surface area contributed by atoms with Gasteiger partial charge in [-0.15, -0.1) is 0 Å². The van der Waals surface area contributed by atoms with Crippen LogP contribution in [0.5, 0.6) is 0 Å². The van der Waals surface area contributed by atoms with Gasteiger partial charge < -0.3 is 14.7 Å². The van der Waals surface area contributed by atoms with E-state index >= 15 is 0 Å². The van der Waals surface area contributed by atoms with E-state index in [9.17, 15) is 4.79 Å². The van der Waals surface area contributed by atoms with Crippen LogP contribution in [0.25, 0.3) is 0 Å². The Labute approximate surface area is 138 Å². The van der Waals surface area contributed by atoms with E-state index in [4.69, 9.17) is 0 Å². The van der Waals surface area contributed by atoms with Gasteiger partial charge >= 0.3 is 0 Å². The van der Waals surface area contributed by atoms with Crippen LogP contribution in [0.4, 0.5) is 11.6 Å². The van der Waals surface area contributed by atoms with E-state index < -0.39 is 0 Å². The predicted molar refractivity (Wildman–Crippen MR) is 91.8 cm³/mol. The summed E-state index contributed by atoms with van der Waals surface area (Å²) in [6, 6.07) is 2.03. The number of carbonyl (C=O) groups is 1. The van der Waals surface area contributed by atoms with Gasteiger partial charge in [0.15, 0.2) is 0 Å². The van der Waals surface area contributed by atoms with E-state index in [1.807, 2.05) is 36.9 Å². The lowest BCUT2D eigenvalue weighted by Gasteiger charge is -2.36. The Balaban J connectivity index is 1.63. The van der Waals surface area contributed by atoms with Crippen molar-refractivity contribution in [2.45, 2.75) is 32.6 Å². The van der Waals surface area contributed by atoms with Crippen LogP contribution >= 0.6 is 0 Å². The normalized spacial score (nSPS) is 19.3. The second-order valence-corrected chi connectivity index (χ2v) is 6.82. The third-order valence-corrected chi connectivity index (χ3v) is 4.89. The molecule has 0 atom stereocenters. The summed E-state index contributed by atoms with van der Waals surface area (Å²) in [5.41, 5.74) is 0. The highest BCUT2D eigenvalue weighted by atomic mass is 16.2. The van der Waals surface area contributed by atoms with Crippen molar-refractivity contribution in [3.05, 3.63) is 11.9 Å². The van der Waals surface area contributed by atoms with Crippen LogP contribution in [-0.2, 0) is 4.79 Å². The molecule has 0 spiro atoms. The molecule has 1 amide bonds. The minimum Gasteiger partial charge on any atom is -0.363 e. The fraction of sp³-hybridized carbons (Fsp3) is 0.706. The molecule has 6 nitrogen and oxygen atoms in total. The van der Waals surface area contributed by atoms with Gasteiger partial charge in [-0.05, 0) is 19.8 Å². The monoisotopic (exact) mass is 317 g/mol. The largest absolute Gasteiger partial charge is 0.363 e. The summed E-state index contributed by atoms with van der Waals surface area (Å²) in [5.74, 6) is 3.33. The van der Waals surface area contributed by atoms with Gasteiger partial charge in [0.1, 0.15) is 17.5 Å². The van der Waals surface area contributed by atoms with Gasteiger partial charge in [-0.3, -0.25) is 4.79 Å². The molecule has 1 aromatic heterocycles. The molecule has 1 aliphatic carbocycles. The van der Waals surface area contributed by atoms with E-state index in [1.165, 1.54) is 12.8 Å². The van der Waals surface area contributed by atoms with Crippen LogP contribution in [0.2, 0.25) is 0 Å². The smallest absolute Gasteiger partial charge is 0.225 e. The summed E-state index contributed by atoms with van der Waals surface area (Å²) in [5, 5.41) is 0. The number of carbonyl (C=O) groups excluding carboxylic acids is 1. The quantitative estimate of drug-likeness (QED) is 0.849. The maximum Gasteiger partial charge on any atom is 0.225 e. The van der Waals surface area contributed by atoms with Crippen LogP contribution < -0.4 is 9.80 Å². The first-order valence-electron chi connectivity index (χ1n) is 8.61. The highest BCUT2D eigenvalue weighted by Crippen LogP contribution is 2.27. The van der Waals surface area contributed by atoms with E-state index in [-0.39, 0.29) is 5.92 Å². The molecule has 2 aliphatic rings. The first kappa shape index (κ1) is 16.0. The Morgan fingerprint density at radius 3 is 2.39 bits per heavy atom. The van der Waals surface area contributed by atoms with Crippen LogP contribution in [0.15, 0.2) is 6.07 Å². The van der Waals surface area contributed by atoms with Crippen LogP contribution in [0.3, 0.4) is 0 Å². The molecule has 1 aliphatic heterocycles. The van der Waals surface area contributed by atoms with Crippen LogP contribution in [-0.4, -0.2) is 61.0 Å². The topological polar surface area (TPSA) is 52.6 Å². The van der Waals surface area contributed by atoms with Gasteiger partial charge in [0.25, 0.3) is 0 Å². The number of aromatic nitrogens is 2. The van der Waals surface area contributed by atoms with Gasteiger partial charge in [-0.2, -0.15) is 0 Å². The first-order chi connectivity index (χ1) is 11.0. The minimum absolute atomic E-state index is 0.281. The Morgan fingerprint density at radius 1 is 1.13 bits per heavy atom. The zero-order valence-electron chi connectivity index (χ0n) is 14.5. The highest BCUT2D eigenvalue weighted by molar-refractivity contribution is 5.79. The molecule has 6 heteroatoms. The Bertz CT molecular complexity index is 560. The van der Waals surface area contributed by atoms with Crippen molar-refractivity contribution in [2.75, 3.05) is 50.1 Å². The Morgan fingerprint density at radius 2 is 1.78 bits per heavy atom. The zero-order chi connectivity index (χ0) is 16.4. The van der Waals surface area contributed by atoms with Gasteiger partial charge in [0.2, 0.25) is 5.91 Å². The van der Waals surface area contributed by atoms with Crippen molar-refractivity contribution in [1.82, 2.24) is 14.9 Å². The summed E-state index contributed by atoms with van der Waals surface area (Å²) in [4.78, 5) is 27.8. The van der Waals surface area contributed by atoms with Crippen molar-refractivity contribution in [1.29, 1.82) is 0 Å². The SMILES string of the molecule is Cc1nc(N(C)C)cc(N2CCN(C(=O)C3CCCC3)CC2)n1. The molecule has 2 fully saturated rings. The second kappa shape index (κ2) is 6.72. The Kier molecular flexibility index (Phi) is 4.68. The number of aryl methyl sites for hydroxylation is 1. The van der Waals surface area contributed by atoms with Crippen LogP contribution in [0.1, 0.15) is 31.5 Å². The molecule has 2 heterocycles. The average molecular weight is 317 g/mol. The highest BCUT2D eigenvalue weighted by Gasteiger charge is 2.29. The number of amides is 1. The second-order valence-electron chi connectivity index (χ2n) is 6.82. The molecular formula is C17H27N5O. The fourth-order valence-electron chi connectivity index (χ4n) is 3.51. The molecule has 126 valence electrons. The first-order valence-corrected chi connectivity index (χ1v) is 8.61. The molecule has 0 aromatic carbocycles. The van der Waals surface area contributed by atoms with Gasteiger partial charge in [0, 0.05) is 52.3 Å². The number of hydrogen-bond acceptors (Lipinski definition) is 5. The third kappa shape index (κ3) is 3.57. The fourth-order valence-corrected chi connectivity index (χ4v) is 3.51. The number of nitrogens with zero attached hydrogens (tertiary/aromatic N) is 5. The average Bonchev–Trinajstić information content (AvgIpc) is 3.08. The molecule has 0 unspecified atom stereocenters. The molecular weight excluding hydrogens is 290 g/mol.